The van der Waals surface area contributed by atoms with Gasteiger partial charge in [-0.05, 0) is 36.8 Å². The zero-order valence-electron chi connectivity index (χ0n) is 12.3. The number of ether oxygens (including phenoxy) is 1. The first-order chi connectivity index (χ1) is 10.7. The number of benzene rings is 2. The van der Waals surface area contributed by atoms with Crippen LogP contribution in [0.15, 0.2) is 36.5 Å². The number of nitrogens with one attached hydrogen (secondary N) is 1. The van der Waals surface area contributed by atoms with Crippen molar-refractivity contribution in [1.82, 2.24) is 9.97 Å². The van der Waals surface area contributed by atoms with Crippen molar-refractivity contribution in [2.24, 2.45) is 0 Å². The number of aromatic amines is 1. The molecule has 4 heteroatoms. The van der Waals surface area contributed by atoms with Crippen LogP contribution in [0.2, 0.25) is 0 Å². The number of H-pyrrole nitrogens is 1. The maximum atomic E-state index is 9.05. The second kappa shape index (κ2) is 4.47. The van der Waals surface area contributed by atoms with Gasteiger partial charge in [-0.2, -0.15) is 5.26 Å². The van der Waals surface area contributed by atoms with Crippen LogP contribution in [0.4, 0.5) is 0 Å². The molecule has 4 nitrogen and oxygen atoms in total. The highest BCUT2D eigenvalue weighted by atomic mass is 16.5. The summed E-state index contributed by atoms with van der Waals surface area (Å²) in [5, 5.41) is 12.2. The summed E-state index contributed by atoms with van der Waals surface area (Å²) in [7, 11) is 1.67. The Morgan fingerprint density at radius 3 is 2.77 bits per heavy atom. The maximum absolute atomic E-state index is 9.05. The zero-order chi connectivity index (χ0) is 15.3. The van der Waals surface area contributed by atoms with Crippen LogP contribution < -0.4 is 4.74 Å². The van der Waals surface area contributed by atoms with Crippen molar-refractivity contribution in [2.75, 3.05) is 7.11 Å². The SMILES string of the molecule is COc1cc2c(cc1C)ncc1c3ccc(C#N)cc3[nH]c21. The van der Waals surface area contributed by atoms with Gasteiger partial charge in [0, 0.05) is 27.9 Å². The minimum atomic E-state index is 0.643. The second-order valence-electron chi connectivity index (χ2n) is 5.38. The molecule has 0 aliphatic carbocycles. The van der Waals surface area contributed by atoms with Crippen LogP contribution >= 0.6 is 0 Å². The van der Waals surface area contributed by atoms with E-state index >= 15 is 0 Å². The Labute approximate surface area is 127 Å². The van der Waals surface area contributed by atoms with Crippen LogP contribution in [0, 0.1) is 18.3 Å². The lowest BCUT2D eigenvalue weighted by Gasteiger charge is -2.07. The third kappa shape index (κ3) is 1.66. The van der Waals surface area contributed by atoms with Crippen LogP contribution in [0.5, 0.6) is 5.75 Å². The highest BCUT2D eigenvalue weighted by Crippen LogP contribution is 2.33. The number of fused-ring (bicyclic) bond motifs is 5. The van der Waals surface area contributed by atoms with Crippen molar-refractivity contribution in [1.29, 1.82) is 5.26 Å². The molecule has 0 fully saturated rings. The van der Waals surface area contributed by atoms with Crippen LogP contribution in [0.3, 0.4) is 0 Å². The van der Waals surface area contributed by atoms with Crippen molar-refractivity contribution in [2.45, 2.75) is 6.92 Å². The predicted octanol–water partition coefficient (Wildman–Crippen LogP) is 4.06. The lowest BCUT2D eigenvalue weighted by Crippen LogP contribution is -1.89. The van der Waals surface area contributed by atoms with E-state index in [4.69, 9.17) is 10.00 Å². The third-order valence-corrected chi connectivity index (χ3v) is 4.08. The van der Waals surface area contributed by atoms with E-state index in [-0.39, 0.29) is 0 Å². The molecule has 2 heterocycles. The van der Waals surface area contributed by atoms with Crippen LogP contribution in [-0.4, -0.2) is 17.1 Å². The Morgan fingerprint density at radius 2 is 2.00 bits per heavy atom. The Hall–Kier alpha value is -3.06. The van der Waals surface area contributed by atoms with E-state index in [1.165, 1.54) is 0 Å². The van der Waals surface area contributed by atoms with E-state index < -0.39 is 0 Å². The quantitative estimate of drug-likeness (QED) is 0.574. The van der Waals surface area contributed by atoms with E-state index in [0.717, 1.165) is 44.0 Å². The summed E-state index contributed by atoms with van der Waals surface area (Å²) < 4.78 is 5.43. The van der Waals surface area contributed by atoms with E-state index in [1.807, 2.05) is 43.5 Å². The smallest absolute Gasteiger partial charge is 0.122 e. The number of hydrogen-bond acceptors (Lipinski definition) is 3. The molecule has 22 heavy (non-hydrogen) atoms. The van der Waals surface area contributed by atoms with E-state index in [0.29, 0.717) is 5.56 Å². The zero-order valence-corrected chi connectivity index (χ0v) is 12.3. The summed E-state index contributed by atoms with van der Waals surface area (Å²) in [6, 6.07) is 11.9. The summed E-state index contributed by atoms with van der Waals surface area (Å²) in [6.07, 6.45) is 1.88. The van der Waals surface area contributed by atoms with Gasteiger partial charge in [0.15, 0.2) is 0 Å². The molecule has 0 radical (unpaired) electrons. The van der Waals surface area contributed by atoms with Gasteiger partial charge in [0.25, 0.3) is 0 Å². The maximum Gasteiger partial charge on any atom is 0.122 e. The molecule has 0 atom stereocenters. The van der Waals surface area contributed by atoms with Gasteiger partial charge in [-0.25, -0.2) is 0 Å². The normalized spacial score (nSPS) is 11.1. The summed E-state index contributed by atoms with van der Waals surface area (Å²) in [6.45, 7) is 2.01. The monoisotopic (exact) mass is 287 g/mol. The molecule has 2 aromatic carbocycles. The first-order valence-electron chi connectivity index (χ1n) is 7.00. The highest BCUT2D eigenvalue weighted by molar-refractivity contribution is 6.16. The molecule has 1 N–H and O–H groups in total. The summed E-state index contributed by atoms with van der Waals surface area (Å²) in [4.78, 5) is 7.99. The predicted molar refractivity (Wildman–Crippen MR) is 87.1 cm³/mol. The van der Waals surface area contributed by atoms with Gasteiger partial charge in [0.05, 0.1) is 29.8 Å². The molecule has 4 aromatic rings. The van der Waals surface area contributed by atoms with Gasteiger partial charge in [0.1, 0.15) is 5.75 Å². The number of nitriles is 1. The molecule has 0 saturated carbocycles. The molecule has 0 unspecified atom stereocenters. The van der Waals surface area contributed by atoms with E-state index in [1.54, 1.807) is 7.11 Å². The van der Waals surface area contributed by atoms with Crippen molar-refractivity contribution in [3.05, 3.63) is 47.7 Å². The summed E-state index contributed by atoms with van der Waals surface area (Å²) in [5.74, 6) is 0.846. The number of methoxy groups -OCH3 is 1. The summed E-state index contributed by atoms with van der Waals surface area (Å²) >= 11 is 0. The molecule has 0 bridgehead atoms. The molecule has 0 aliphatic heterocycles. The highest BCUT2D eigenvalue weighted by Gasteiger charge is 2.11. The van der Waals surface area contributed by atoms with Crippen LogP contribution in [0.25, 0.3) is 32.7 Å². The number of aryl methyl sites for hydroxylation is 1. The first-order valence-corrected chi connectivity index (χ1v) is 7.00. The molecule has 0 spiro atoms. The largest absolute Gasteiger partial charge is 0.496 e. The standard InChI is InChI=1S/C18H13N3O/c1-10-5-15-13(7-17(10)22-2)18-14(9-20-15)12-4-3-11(8-19)6-16(12)21-18/h3-7,9,21H,1-2H3. The molecule has 4 rings (SSSR count). The number of rotatable bonds is 1. The fraction of sp³-hybridized carbons (Fsp3) is 0.111. The van der Waals surface area contributed by atoms with Crippen LogP contribution in [0.1, 0.15) is 11.1 Å². The lowest BCUT2D eigenvalue weighted by atomic mass is 10.1. The molecule has 0 amide bonds. The van der Waals surface area contributed by atoms with Crippen LogP contribution in [-0.2, 0) is 0 Å². The Balaban J connectivity index is 2.17. The van der Waals surface area contributed by atoms with Gasteiger partial charge in [-0.15, -0.1) is 0 Å². The lowest BCUT2D eigenvalue weighted by molar-refractivity contribution is 0.412. The van der Waals surface area contributed by atoms with Crippen molar-refractivity contribution in [3.63, 3.8) is 0 Å². The van der Waals surface area contributed by atoms with Gasteiger partial charge in [-0.3, -0.25) is 4.98 Å². The van der Waals surface area contributed by atoms with E-state index in [2.05, 4.69) is 16.0 Å². The molecule has 0 saturated heterocycles. The van der Waals surface area contributed by atoms with Gasteiger partial charge in [0.2, 0.25) is 0 Å². The number of nitrogens with zero attached hydrogens (tertiary/aromatic N) is 2. The average Bonchev–Trinajstić information content (AvgIpc) is 2.91. The molecule has 106 valence electrons. The fourth-order valence-corrected chi connectivity index (χ4v) is 2.97. The van der Waals surface area contributed by atoms with Crippen molar-refractivity contribution < 1.29 is 4.74 Å². The van der Waals surface area contributed by atoms with Crippen molar-refractivity contribution in [3.8, 4) is 11.8 Å². The molecule has 0 aliphatic rings. The molecule has 2 aromatic heterocycles. The average molecular weight is 287 g/mol. The van der Waals surface area contributed by atoms with Gasteiger partial charge >= 0.3 is 0 Å². The van der Waals surface area contributed by atoms with Crippen molar-refractivity contribution >= 4 is 32.7 Å². The minimum absolute atomic E-state index is 0.643. The fourth-order valence-electron chi connectivity index (χ4n) is 2.97. The number of hydrogen-bond donors (Lipinski definition) is 1. The minimum Gasteiger partial charge on any atom is -0.496 e. The third-order valence-electron chi connectivity index (χ3n) is 4.08. The topological polar surface area (TPSA) is 61.7 Å². The number of aromatic nitrogens is 2. The van der Waals surface area contributed by atoms with E-state index in [9.17, 15) is 0 Å². The first kappa shape index (κ1) is 12.7. The Bertz CT molecular complexity index is 1090. The molecular formula is C18H13N3O. The Kier molecular flexibility index (Phi) is 2.57. The summed E-state index contributed by atoms with van der Waals surface area (Å²) in [5.41, 5.74) is 4.60. The number of pyridine rings is 1. The second-order valence-corrected chi connectivity index (χ2v) is 5.38. The molecular weight excluding hydrogens is 274 g/mol. The van der Waals surface area contributed by atoms with Gasteiger partial charge in [-0.1, -0.05) is 6.07 Å². The van der Waals surface area contributed by atoms with Gasteiger partial charge < -0.3 is 9.72 Å². The Morgan fingerprint density at radius 1 is 1.14 bits per heavy atom.